The van der Waals surface area contributed by atoms with Crippen LogP contribution >= 0.6 is 15.9 Å². The Labute approximate surface area is 129 Å². The fourth-order valence-corrected chi connectivity index (χ4v) is 2.63. The molecular formula is C17H20BrNO. The molecule has 106 valence electrons. The summed E-state index contributed by atoms with van der Waals surface area (Å²) >= 11 is 3.53. The van der Waals surface area contributed by atoms with Crippen LogP contribution in [0.4, 0.5) is 0 Å². The van der Waals surface area contributed by atoms with Gasteiger partial charge in [0.25, 0.3) is 0 Å². The number of phenolic OH excluding ortho intramolecular Hbond substituents is 1. The zero-order chi connectivity index (χ0) is 14.4. The molecule has 2 aromatic carbocycles. The standard InChI is InChI=1S/C17H20BrNO/c1-2-10-19-17(14-4-3-5-15(18)12-14)11-13-6-8-16(20)9-7-13/h3-9,12,17,19-20H,2,10-11H2,1H3. The molecular weight excluding hydrogens is 314 g/mol. The quantitative estimate of drug-likeness (QED) is 0.819. The van der Waals surface area contributed by atoms with Gasteiger partial charge in [-0.15, -0.1) is 0 Å². The molecule has 2 nitrogen and oxygen atoms in total. The molecule has 1 atom stereocenters. The Balaban J connectivity index is 2.16. The van der Waals surface area contributed by atoms with Gasteiger partial charge in [-0.2, -0.15) is 0 Å². The zero-order valence-electron chi connectivity index (χ0n) is 11.6. The molecule has 0 aliphatic heterocycles. The van der Waals surface area contributed by atoms with E-state index in [4.69, 9.17) is 0 Å². The summed E-state index contributed by atoms with van der Waals surface area (Å²) < 4.78 is 1.10. The molecule has 2 N–H and O–H groups in total. The predicted molar refractivity (Wildman–Crippen MR) is 87.0 cm³/mol. The van der Waals surface area contributed by atoms with E-state index in [1.165, 1.54) is 11.1 Å². The van der Waals surface area contributed by atoms with Crippen molar-refractivity contribution in [3.8, 4) is 5.75 Å². The van der Waals surface area contributed by atoms with Crippen molar-refractivity contribution in [2.75, 3.05) is 6.54 Å². The Morgan fingerprint density at radius 1 is 1.15 bits per heavy atom. The second-order valence-corrected chi connectivity index (χ2v) is 5.85. The molecule has 0 saturated heterocycles. The van der Waals surface area contributed by atoms with Crippen molar-refractivity contribution in [3.63, 3.8) is 0 Å². The van der Waals surface area contributed by atoms with Crippen molar-refractivity contribution < 1.29 is 5.11 Å². The molecule has 0 aliphatic rings. The second-order valence-electron chi connectivity index (χ2n) is 4.93. The molecule has 0 spiro atoms. The lowest BCUT2D eigenvalue weighted by molar-refractivity contribution is 0.474. The van der Waals surface area contributed by atoms with Gasteiger partial charge in [-0.3, -0.25) is 0 Å². The first kappa shape index (κ1) is 15.1. The zero-order valence-corrected chi connectivity index (χ0v) is 13.2. The van der Waals surface area contributed by atoms with Crippen LogP contribution in [0.3, 0.4) is 0 Å². The number of aromatic hydroxyl groups is 1. The fraction of sp³-hybridized carbons (Fsp3) is 0.294. The van der Waals surface area contributed by atoms with E-state index in [1.54, 1.807) is 12.1 Å². The van der Waals surface area contributed by atoms with Crippen LogP contribution in [0.15, 0.2) is 53.0 Å². The van der Waals surface area contributed by atoms with Gasteiger partial charge in [0.15, 0.2) is 0 Å². The lowest BCUT2D eigenvalue weighted by atomic mass is 9.98. The summed E-state index contributed by atoms with van der Waals surface area (Å²) in [6, 6.07) is 16.2. The SMILES string of the molecule is CCCNC(Cc1ccc(O)cc1)c1cccc(Br)c1. The number of phenols is 1. The highest BCUT2D eigenvalue weighted by Gasteiger charge is 2.11. The van der Waals surface area contributed by atoms with Crippen molar-refractivity contribution >= 4 is 15.9 Å². The first-order valence-electron chi connectivity index (χ1n) is 6.96. The van der Waals surface area contributed by atoms with Gasteiger partial charge in [0.05, 0.1) is 0 Å². The number of halogens is 1. The average molecular weight is 334 g/mol. The van der Waals surface area contributed by atoms with Gasteiger partial charge in [0.1, 0.15) is 5.75 Å². The lowest BCUT2D eigenvalue weighted by Gasteiger charge is -2.19. The van der Waals surface area contributed by atoms with Crippen molar-refractivity contribution in [1.29, 1.82) is 0 Å². The Morgan fingerprint density at radius 2 is 1.90 bits per heavy atom. The molecule has 0 aromatic heterocycles. The van der Waals surface area contributed by atoms with Gasteiger partial charge in [-0.1, -0.05) is 47.1 Å². The average Bonchev–Trinajstić information content (AvgIpc) is 2.45. The summed E-state index contributed by atoms with van der Waals surface area (Å²) in [5, 5.41) is 13.0. The third-order valence-electron chi connectivity index (χ3n) is 3.27. The maximum Gasteiger partial charge on any atom is 0.115 e. The van der Waals surface area contributed by atoms with Gasteiger partial charge in [-0.25, -0.2) is 0 Å². The second kappa shape index (κ2) is 7.46. The largest absolute Gasteiger partial charge is 0.508 e. The van der Waals surface area contributed by atoms with E-state index in [0.717, 1.165) is 23.9 Å². The van der Waals surface area contributed by atoms with Crippen molar-refractivity contribution in [2.45, 2.75) is 25.8 Å². The number of rotatable bonds is 6. The smallest absolute Gasteiger partial charge is 0.115 e. The maximum atomic E-state index is 9.36. The van der Waals surface area contributed by atoms with Gasteiger partial charge in [0.2, 0.25) is 0 Å². The van der Waals surface area contributed by atoms with Crippen LogP contribution in [0.5, 0.6) is 5.75 Å². The third-order valence-corrected chi connectivity index (χ3v) is 3.76. The van der Waals surface area contributed by atoms with E-state index >= 15 is 0 Å². The van der Waals surface area contributed by atoms with Gasteiger partial charge >= 0.3 is 0 Å². The highest BCUT2D eigenvalue weighted by molar-refractivity contribution is 9.10. The summed E-state index contributed by atoms with van der Waals surface area (Å²) in [5.74, 6) is 0.314. The third kappa shape index (κ3) is 4.36. The molecule has 2 aromatic rings. The van der Waals surface area contributed by atoms with Gasteiger partial charge in [0, 0.05) is 10.5 Å². The molecule has 1 unspecified atom stereocenters. The molecule has 0 aliphatic carbocycles. The number of hydrogen-bond acceptors (Lipinski definition) is 2. The van der Waals surface area contributed by atoms with E-state index in [0.29, 0.717) is 5.75 Å². The van der Waals surface area contributed by atoms with Crippen LogP contribution in [0.2, 0.25) is 0 Å². The number of nitrogens with one attached hydrogen (secondary N) is 1. The van der Waals surface area contributed by atoms with Gasteiger partial charge in [-0.05, 0) is 54.8 Å². The van der Waals surface area contributed by atoms with E-state index in [9.17, 15) is 5.11 Å². The Hall–Kier alpha value is -1.32. The van der Waals surface area contributed by atoms with Crippen LogP contribution in [-0.4, -0.2) is 11.7 Å². The first-order chi connectivity index (χ1) is 9.69. The number of benzene rings is 2. The summed E-state index contributed by atoms with van der Waals surface area (Å²) in [4.78, 5) is 0. The van der Waals surface area contributed by atoms with Crippen LogP contribution in [-0.2, 0) is 6.42 Å². The van der Waals surface area contributed by atoms with E-state index in [-0.39, 0.29) is 6.04 Å². The molecule has 0 heterocycles. The van der Waals surface area contributed by atoms with Crippen molar-refractivity contribution in [2.24, 2.45) is 0 Å². The molecule has 0 radical (unpaired) electrons. The highest BCUT2D eigenvalue weighted by atomic mass is 79.9. The Bertz CT molecular complexity index is 539. The summed E-state index contributed by atoms with van der Waals surface area (Å²) in [6.07, 6.45) is 2.02. The molecule has 0 amide bonds. The lowest BCUT2D eigenvalue weighted by Crippen LogP contribution is -2.24. The Morgan fingerprint density at radius 3 is 2.55 bits per heavy atom. The van der Waals surface area contributed by atoms with Crippen LogP contribution in [0.25, 0.3) is 0 Å². The molecule has 20 heavy (non-hydrogen) atoms. The number of hydrogen-bond donors (Lipinski definition) is 2. The molecule has 0 saturated carbocycles. The predicted octanol–water partition coefficient (Wildman–Crippen LogP) is 4.44. The van der Waals surface area contributed by atoms with E-state index in [1.807, 2.05) is 18.2 Å². The minimum absolute atomic E-state index is 0.289. The topological polar surface area (TPSA) is 32.3 Å². The van der Waals surface area contributed by atoms with Crippen LogP contribution in [0.1, 0.15) is 30.5 Å². The maximum absolute atomic E-state index is 9.36. The monoisotopic (exact) mass is 333 g/mol. The molecule has 0 fully saturated rings. The summed E-state index contributed by atoms with van der Waals surface area (Å²) in [6.45, 7) is 3.17. The summed E-state index contributed by atoms with van der Waals surface area (Å²) in [5.41, 5.74) is 2.50. The van der Waals surface area contributed by atoms with Crippen molar-refractivity contribution in [1.82, 2.24) is 5.32 Å². The highest BCUT2D eigenvalue weighted by Crippen LogP contribution is 2.22. The Kier molecular flexibility index (Phi) is 5.62. The minimum Gasteiger partial charge on any atom is -0.508 e. The first-order valence-corrected chi connectivity index (χ1v) is 7.75. The normalized spacial score (nSPS) is 12.3. The van der Waals surface area contributed by atoms with Crippen molar-refractivity contribution in [3.05, 3.63) is 64.1 Å². The van der Waals surface area contributed by atoms with E-state index < -0.39 is 0 Å². The molecule has 0 bridgehead atoms. The van der Waals surface area contributed by atoms with Crippen LogP contribution in [0, 0.1) is 0 Å². The molecule has 2 rings (SSSR count). The van der Waals surface area contributed by atoms with Crippen LogP contribution < -0.4 is 5.32 Å². The minimum atomic E-state index is 0.289. The molecule has 3 heteroatoms. The fourth-order valence-electron chi connectivity index (χ4n) is 2.22. The van der Waals surface area contributed by atoms with E-state index in [2.05, 4.69) is 46.4 Å². The summed E-state index contributed by atoms with van der Waals surface area (Å²) in [7, 11) is 0. The van der Waals surface area contributed by atoms with Gasteiger partial charge < -0.3 is 10.4 Å².